The normalized spacial score (nSPS) is 10.7. The molecule has 19 heavy (non-hydrogen) atoms. The van der Waals surface area contributed by atoms with Crippen LogP contribution in [0.3, 0.4) is 0 Å². The van der Waals surface area contributed by atoms with Crippen molar-refractivity contribution < 1.29 is 15.0 Å². The second-order valence-electron chi connectivity index (χ2n) is 4.71. The lowest BCUT2D eigenvalue weighted by molar-refractivity contribution is 0.0753. The van der Waals surface area contributed by atoms with Crippen LogP contribution in [0.25, 0.3) is 0 Å². The molecule has 0 unspecified atom stereocenters. The van der Waals surface area contributed by atoms with Gasteiger partial charge in [-0.05, 0) is 46.1 Å². The monoisotopic (exact) mass is 266 g/mol. The van der Waals surface area contributed by atoms with Gasteiger partial charge in [0.05, 0.1) is 0 Å². The molecule has 0 heterocycles. The van der Waals surface area contributed by atoms with Gasteiger partial charge in [-0.15, -0.1) is 0 Å². The Kier molecular flexibility index (Phi) is 5.63. The van der Waals surface area contributed by atoms with Gasteiger partial charge in [0.1, 0.15) is 17.1 Å². The van der Waals surface area contributed by atoms with Gasteiger partial charge in [-0.1, -0.05) is 6.07 Å². The Balaban J connectivity index is 2.78. The zero-order valence-electron chi connectivity index (χ0n) is 11.8. The number of rotatable bonds is 6. The molecular formula is C14H22N2O3. The summed E-state index contributed by atoms with van der Waals surface area (Å²) in [6, 6.07) is 4.31. The molecule has 5 nitrogen and oxygen atoms in total. The second kappa shape index (κ2) is 6.99. The molecule has 1 rings (SSSR count). The number of carbonyl (C=O) groups excluding carboxylic acids is 1. The Labute approximate surface area is 114 Å². The fourth-order valence-corrected chi connectivity index (χ4v) is 1.89. The van der Waals surface area contributed by atoms with E-state index in [0.717, 1.165) is 13.0 Å². The number of phenols is 2. The maximum Gasteiger partial charge on any atom is 0.261 e. The van der Waals surface area contributed by atoms with E-state index < -0.39 is 0 Å². The largest absolute Gasteiger partial charge is 0.507 e. The summed E-state index contributed by atoms with van der Waals surface area (Å²) in [5, 5.41) is 19.4. The Hall–Kier alpha value is -1.75. The van der Waals surface area contributed by atoms with E-state index in [9.17, 15) is 15.0 Å². The lowest BCUT2D eigenvalue weighted by Crippen LogP contribution is -2.33. The van der Waals surface area contributed by atoms with Crippen LogP contribution in [0.2, 0.25) is 0 Å². The summed E-state index contributed by atoms with van der Waals surface area (Å²) in [6.07, 6.45) is 0.848. The van der Waals surface area contributed by atoms with Crippen molar-refractivity contribution in [3.8, 4) is 11.5 Å². The van der Waals surface area contributed by atoms with Crippen molar-refractivity contribution in [2.45, 2.75) is 13.3 Å². The summed E-state index contributed by atoms with van der Waals surface area (Å²) in [4.78, 5) is 16.0. The van der Waals surface area contributed by atoms with E-state index >= 15 is 0 Å². The molecule has 0 bridgehead atoms. The number of aromatic hydroxyl groups is 2. The van der Waals surface area contributed by atoms with Crippen LogP contribution in [0, 0.1) is 0 Å². The van der Waals surface area contributed by atoms with Crippen LogP contribution < -0.4 is 0 Å². The molecule has 0 aliphatic heterocycles. The van der Waals surface area contributed by atoms with E-state index in [2.05, 4.69) is 4.90 Å². The lowest BCUT2D eigenvalue weighted by Gasteiger charge is -2.22. The zero-order valence-corrected chi connectivity index (χ0v) is 11.8. The van der Waals surface area contributed by atoms with Crippen molar-refractivity contribution in [3.05, 3.63) is 23.8 Å². The molecule has 0 saturated heterocycles. The van der Waals surface area contributed by atoms with Crippen LogP contribution in [0.5, 0.6) is 11.5 Å². The Morgan fingerprint density at radius 3 is 2.21 bits per heavy atom. The minimum Gasteiger partial charge on any atom is -0.507 e. The van der Waals surface area contributed by atoms with Crippen molar-refractivity contribution in [3.63, 3.8) is 0 Å². The van der Waals surface area contributed by atoms with E-state index in [1.165, 1.54) is 18.2 Å². The highest BCUT2D eigenvalue weighted by molar-refractivity contribution is 5.99. The van der Waals surface area contributed by atoms with Crippen LogP contribution in [-0.2, 0) is 0 Å². The van der Waals surface area contributed by atoms with Crippen LogP contribution in [0.4, 0.5) is 0 Å². The topological polar surface area (TPSA) is 64.0 Å². The van der Waals surface area contributed by atoms with Crippen molar-refractivity contribution in [2.75, 3.05) is 33.7 Å². The highest BCUT2D eigenvalue weighted by Crippen LogP contribution is 2.27. The number of carbonyl (C=O) groups is 1. The Bertz CT molecular complexity index is 412. The number of nitrogens with zero attached hydrogens (tertiary/aromatic N) is 2. The minimum atomic E-state index is -0.336. The van der Waals surface area contributed by atoms with E-state index in [0.29, 0.717) is 13.1 Å². The third-order valence-corrected chi connectivity index (χ3v) is 2.94. The SMILES string of the molecule is CCN(CCCN(C)C)C(=O)c1c(O)cccc1O. The highest BCUT2D eigenvalue weighted by atomic mass is 16.3. The van der Waals surface area contributed by atoms with Gasteiger partial charge in [0.15, 0.2) is 0 Å². The molecule has 0 atom stereocenters. The number of phenolic OH excluding ortho intramolecular Hbond substituents is 2. The van der Waals surface area contributed by atoms with E-state index in [4.69, 9.17) is 0 Å². The molecule has 5 heteroatoms. The summed E-state index contributed by atoms with van der Waals surface area (Å²) in [5.74, 6) is -0.705. The molecule has 0 aromatic heterocycles. The summed E-state index contributed by atoms with van der Waals surface area (Å²) in [7, 11) is 3.96. The highest BCUT2D eigenvalue weighted by Gasteiger charge is 2.21. The molecule has 0 spiro atoms. The standard InChI is InChI=1S/C14H22N2O3/c1-4-16(10-6-9-15(2)3)14(19)13-11(17)7-5-8-12(13)18/h5,7-8,17-18H,4,6,9-10H2,1-3H3. The van der Waals surface area contributed by atoms with Gasteiger partial charge in [-0.3, -0.25) is 4.79 Å². The summed E-state index contributed by atoms with van der Waals surface area (Å²) in [6.45, 7) is 3.91. The van der Waals surface area contributed by atoms with Gasteiger partial charge >= 0.3 is 0 Å². The van der Waals surface area contributed by atoms with Crippen LogP contribution in [0.1, 0.15) is 23.7 Å². The molecule has 0 aliphatic carbocycles. The predicted molar refractivity (Wildman–Crippen MR) is 74.5 cm³/mol. The molecule has 1 aromatic rings. The van der Waals surface area contributed by atoms with Crippen LogP contribution in [0.15, 0.2) is 18.2 Å². The van der Waals surface area contributed by atoms with Crippen molar-refractivity contribution in [1.82, 2.24) is 9.80 Å². The number of amides is 1. The molecule has 106 valence electrons. The van der Waals surface area contributed by atoms with Crippen LogP contribution in [-0.4, -0.2) is 59.6 Å². The summed E-state index contributed by atoms with van der Waals surface area (Å²) in [5.41, 5.74) is -0.0193. The number of hydrogen-bond donors (Lipinski definition) is 2. The van der Waals surface area contributed by atoms with Gasteiger partial charge in [0.2, 0.25) is 0 Å². The summed E-state index contributed by atoms with van der Waals surface area (Å²) >= 11 is 0. The average molecular weight is 266 g/mol. The third-order valence-electron chi connectivity index (χ3n) is 2.94. The first-order chi connectivity index (χ1) is 8.97. The third kappa shape index (κ3) is 4.13. The molecular weight excluding hydrogens is 244 g/mol. The minimum absolute atomic E-state index is 0.0193. The lowest BCUT2D eigenvalue weighted by atomic mass is 10.1. The smallest absolute Gasteiger partial charge is 0.261 e. The Morgan fingerprint density at radius 1 is 1.16 bits per heavy atom. The maximum atomic E-state index is 12.3. The molecule has 1 aromatic carbocycles. The fourth-order valence-electron chi connectivity index (χ4n) is 1.89. The number of benzene rings is 1. The first kappa shape index (κ1) is 15.3. The second-order valence-corrected chi connectivity index (χ2v) is 4.71. The molecule has 0 aliphatic rings. The number of hydrogen-bond acceptors (Lipinski definition) is 4. The van der Waals surface area contributed by atoms with Crippen molar-refractivity contribution >= 4 is 5.91 Å². The van der Waals surface area contributed by atoms with Crippen molar-refractivity contribution in [2.24, 2.45) is 0 Å². The first-order valence-electron chi connectivity index (χ1n) is 6.42. The summed E-state index contributed by atoms with van der Waals surface area (Å²) < 4.78 is 0. The maximum absolute atomic E-state index is 12.3. The molecule has 1 amide bonds. The van der Waals surface area contributed by atoms with E-state index in [1.807, 2.05) is 21.0 Å². The van der Waals surface area contributed by atoms with E-state index in [1.54, 1.807) is 4.90 Å². The van der Waals surface area contributed by atoms with Gasteiger partial charge in [0.25, 0.3) is 5.91 Å². The van der Waals surface area contributed by atoms with Gasteiger partial charge in [-0.25, -0.2) is 0 Å². The van der Waals surface area contributed by atoms with Gasteiger partial charge in [-0.2, -0.15) is 0 Å². The molecule has 2 N–H and O–H groups in total. The predicted octanol–water partition coefficient (Wildman–Crippen LogP) is 1.51. The first-order valence-corrected chi connectivity index (χ1v) is 6.42. The molecule has 0 radical (unpaired) electrons. The molecule has 0 fully saturated rings. The van der Waals surface area contributed by atoms with E-state index in [-0.39, 0.29) is 23.0 Å². The fraction of sp³-hybridized carbons (Fsp3) is 0.500. The zero-order chi connectivity index (χ0) is 14.4. The van der Waals surface area contributed by atoms with Crippen molar-refractivity contribution in [1.29, 1.82) is 0 Å². The average Bonchev–Trinajstić information content (AvgIpc) is 2.34. The van der Waals surface area contributed by atoms with Crippen LogP contribution >= 0.6 is 0 Å². The Morgan fingerprint density at radius 2 is 1.74 bits per heavy atom. The van der Waals surface area contributed by atoms with Gasteiger partial charge < -0.3 is 20.0 Å². The quantitative estimate of drug-likeness (QED) is 0.819. The molecule has 0 saturated carbocycles. The van der Waals surface area contributed by atoms with Gasteiger partial charge in [0, 0.05) is 13.1 Å².